The van der Waals surface area contributed by atoms with E-state index in [1.807, 2.05) is 33.8 Å². The molecule has 1 saturated heterocycles. The monoisotopic (exact) mass is 455 g/mol. The Morgan fingerprint density at radius 2 is 1.97 bits per heavy atom. The third kappa shape index (κ3) is 4.48. The van der Waals surface area contributed by atoms with Crippen molar-refractivity contribution >= 4 is 42.0 Å². The first-order valence-corrected chi connectivity index (χ1v) is 10.9. The summed E-state index contributed by atoms with van der Waals surface area (Å²) < 4.78 is 18.5. The summed E-state index contributed by atoms with van der Waals surface area (Å²) in [4.78, 5) is 16.2. The van der Waals surface area contributed by atoms with Gasteiger partial charge in [-0.3, -0.25) is 4.79 Å². The summed E-state index contributed by atoms with van der Waals surface area (Å²) in [5, 5.41) is 3.41. The molecule has 3 N–H and O–H groups in total. The van der Waals surface area contributed by atoms with E-state index in [0.29, 0.717) is 29.6 Å². The van der Waals surface area contributed by atoms with E-state index in [1.165, 1.54) is 6.08 Å². The van der Waals surface area contributed by atoms with Crippen molar-refractivity contribution in [3.8, 4) is 5.75 Å². The summed E-state index contributed by atoms with van der Waals surface area (Å²) in [7, 11) is -0.501. The topological polar surface area (TPSA) is 95.7 Å². The first-order valence-electron chi connectivity index (χ1n) is 10.6. The van der Waals surface area contributed by atoms with Crippen molar-refractivity contribution in [2.45, 2.75) is 51.4 Å². The van der Waals surface area contributed by atoms with Crippen LogP contribution in [-0.2, 0) is 20.5 Å². The Labute approximate surface area is 193 Å². The highest BCUT2D eigenvalue weighted by atomic mass is 35.5. The smallest absolute Gasteiger partial charge is 0.486 e. The number of nitrogens with zero attached hydrogens (tertiary/aromatic N) is 1. The average molecular weight is 456 g/mol. The quantitative estimate of drug-likeness (QED) is 0.532. The minimum Gasteiger partial charge on any atom is -0.486 e. The summed E-state index contributed by atoms with van der Waals surface area (Å²) in [6.07, 6.45) is 5.11. The fourth-order valence-electron chi connectivity index (χ4n) is 3.65. The molecule has 1 unspecified atom stereocenters. The molecule has 2 aliphatic rings. The highest BCUT2D eigenvalue weighted by Crippen LogP contribution is 2.39. The standard InChI is InChI=1S/C23H27BClN3O4/c1-22(2)23(3,4)32-24(31-22)17-7-8-18(25)21-16(17)11-15(30-21)13-28-20(29)10-6-14-5-9-19(26)27-12-14/h5-10,12,15H,11,13H2,1-4H3,(H2,26,27)(H,28,29)/b10-6+. The van der Waals surface area contributed by atoms with Gasteiger partial charge in [0.1, 0.15) is 17.7 Å². The number of ether oxygens (including phenoxy) is 1. The predicted octanol–water partition coefficient (Wildman–Crippen LogP) is 2.75. The van der Waals surface area contributed by atoms with Gasteiger partial charge in [0.15, 0.2) is 0 Å². The van der Waals surface area contributed by atoms with Crippen LogP contribution in [0.4, 0.5) is 5.82 Å². The zero-order valence-corrected chi connectivity index (χ0v) is 19.4. The molecule has 1 amide bonds. The Hall–Kier alpha value is -2.55. The molecule has 32 heavy (non-hydrogen) atoms. The van der Waals surface area contributed by atoms with Gasteiger partial charge in [0.2, 0.25) is 5.91 Å². The van der Waals surface area contributed by atoms with Crippen molar-refractivity contribution in [3.05, 3.63) is 52.7 Å². The van der Waals surface area contributed by atoms with Gasteiger partial charge in [-0.05, 0) is 68.6 Å². The Morgan fingerprint density at radius 3 is 2.62 bits per heavy atom. The number of pyridine rings is 1. The van der Waals surface area contributed by atoms with Crippen LogP contribution in [-0.4, -0.2) is 41.9 Å². The maximum absolute atomic E-state index is 12.2. The molecule has 0 bridgehead atoms. The van der Waals surface area contributed by atoms with Crippen molar-refractivity contribution < 1.29 is 18.8 Å². The fourth-order valence-corrected chi connectivity index (χ4v) is 3.88. The number of fused-ring (bicyclic) bond motifs is 1. The Balaban J connectivity index is 1.41. The van der Waals surface area contributed by atoms with Crippen LogP contribution in [0.5, 0.6) is 5.75 Å². The molecule has 0 spiro atoms. The molecule has 1 aromatic heterocycles. The molecule has 2 aromatic rings. The van der Waals surface area contributed by atoms with Gasteiger partial charge in [0.05, 0.1) is 22.8 Å². The van der Waals surface area contributed by atoms with E-state index in [4.69, 9.17) is 31.4 Å². The third-order valence-corrected chi connectivity index (χ3v) is 6.51. The molecule has 1 aromatic carbocycles. The number of hydrogen-bond acceptors (Lipinski definition) is 6. The van der Waals surface area contributed by atoms with E-state index < -0.39 is 18.3 Å². The number of carbonyl (C=O) groups is 1. The van der Waals surface area contributed by atoms with Crippen LogP contribution in [0.3, 0.4) is 0 Å². The molecule has 9 heteroatoms. The van der Waals surface area contributed by atoms with Gasteiger partial charge >= 0.3 is 7.12 Å². The highest BCUT2D eigenvalue weighted by molar-refractivity contribution is 6.63. The van der Waals surface area contributed by atoms with E-state index in [2.05, 4.69) is 10.3 Å². The van der Waals surface area contributed by atoms with E-state index in [1.54, 1.807) is 30.5 Å². The number of benzene rings is 1. The lowest BCUT2D eigenvalue weighted by molar-refractivity contribution is -0.116. The fraction of sp³-hybridized carbons (Fsp3) is 0.391. The van der Waals surface area contributed by atoms with Crippen LogP contribution in [0.2, 0.25) is 5.02 Å². The normalized spacial score (nSPS) is 20.9. The number of hydrogen-bond donors (Lipinski definition) is 2. The lowest BCUT2D eigenvalue weighted by Gasteiger charge is -2.32. The first kappa shape index (κ1) is 22.6. The van der Waals surface area contributed by atoms with Crippen molar-refractivity contribution in [2.75, 3.05) is 12.3 Å². The van der Waals surface area contributed by atoms with Gasteiger partial charge < -0.3 is 25.1 Å². The van der Waals surface area contributed by atoms with Gasteiger partial charge in [-0.1, -0.05) is 17.7 Å². The Morgan fingerprint density at radius 1 is 1.25 bits per heavy atom. The number of rotatable bonds is 5. The van der Waals surface area contributed by atoms with Crippen LogP contribution in [0.25, 0.3) is 6.08 Å². The molecule has 0 aliphatic carbocycles. The second kappa shape index (κ2) is 8.43. The van der Waals surface area contributed by atoms with Crippen LogP contribution in [0, 0.1) is 0 Å². The molecule has 0 saturated carbocycles. The number of carbonyl (C=O) groups excluding carboxylic acids is 1. The molecule has 1 atom stereocenters. The van der Waals surface area contributed by atoms with Crippen LogP contribution in [0.1, 0.15) is 38.8 Å². The maximum atomic E-state index is 12.2. The summed E-state index contributed by atoms with van der Waals surface area (Å²) in [5.41, 5.74) is 7.34. The summed E-state index contributed by atoms with van der Waals surface area (Å²) in [6, 6.07) is 7.20. The van der Waals surface area contributed by atoms with Gasteiger partial charge in [-0.2, -0.15) is 0 Å². The molecule has 3 heterocycles. The van der Waals surface area contributed by atoms with Gasteiger partial charge in [-0.25, -0.2) is 4.98 Å². The van der Waals surface area contributed by atoms with E-state index >= 15 is 0 Å². The number of nitrogens with two attached hydrogens (primary N) is 1. The van der Waals surface area contributed by atoms with Crippen molar-refractivity contribution in [1.29, 1.82) is 0 Å². The van der Waals surface area contributed by atoms with Crippen molar-refractivity contribution in [1.82, 2.24) is 10.3 Å². The lowest BCUT2D eigenvalue weighted by atomic mass is 9.75. The minimum atomic E-state index is -0.501. The Kier molecular flexibility index (Phi) is 5.96. The van der Waals surface area contributed by atoms with E-state index in [9.17, 15) is 4.79 Å². The van der Waals surface area contributed by atoms with E-state index in [-0.39, 0.29) is 12.0 Å². The number of amides is 1. The molecular formula is C23H27BClN3O4. The molecule has 1 fully saturated rings. The minimum absolute atomic E-state index is 0.223. The van der Waals surface area contributed by atoms with Crippen LogP contribution < -0.4 is 21.3 Å². The second-order valence-electron chi connectivity index (χ2n) is 9.07. The number of nitrogen functional groups attached to an aromatic ring is 1. The zero-order chi connectivity index (χ0) is 23.1. The Bertz CT molecular complexity index is 1040. The molecular weight excluding hydrogens is 429 g/mol. The zero-order valence-electron chi connectivity index (χ0n) is 18.6. The van der Waals surface area contributed by atoms with E-state index in [0.717, 1.165) is 16.6 Å². The largest absolute Gasteiger partial charge is 0.495 e. The van der Waals surface area contributed by atoms with Crippen LogP contribution >= 0.6 is 11.6 Å². The lowest BCUT2D eigenvalue weighted by Crippen LogP contribution is -2.41. The SMILES string of the molecule is CC1(C)OB(c2ccc(Cl)c3c2CC(CNC(=O)/C=C/c2ccc(N)nc2)O3)OC1(C)C. The van der Waals surface area contributed by atoms with Crippen LogP contribution in [0.15, 0.2) is 36.5 Å². The predicted molar refractivity (Wildman–Crippen MR) is 126 cm³/mol. The summed E-state index contributed by atoms with van der Waals surface area (Å²) >= 11 is 6.40. The molecule has 4 rings (SSSR count). The van der Waals surface area contributed by atoms with Crippen molar-refractivity contribution in [2.24, 2.45) is 0 Å². The number of aromatic nitrogens is 1. The highest BCUT2D eigenvalue weighted by Gasteiger charge is 2.52. The maximum Gasteiger partial charge on any atom is 0.495 e. The number of nitrogens with one attached hydrogen (secondary N) is 1. The number of halogens is 1. The molecule has 168 valence electrons. The molecule has 0 radical (unpaired) electrons. The van der Waals surface area contributed by atoms with Crippen molar-refractivity contribution in [3.63, 3.8) is 0 Å². The van der Waals surface area contributed by atoms with Gasteiger partial charge in [-0.15, -0.1) is 0 Å². The number of anilines is 1. The third-order valence-electron chi connectivity index (χ3n) is 6.21. The van der Waals surface area contributed by atoms with Gasteiger partial charge in [0, 0.05) is 18.7 Å². The molecule has 7 nitrogen and oxygen atoms in total. The summed E-state index contributed by atoms with van der Waals surface area (Å²) in [5.74, 6) is 0.836. The summed E-state index contributed by atoms with van der Waals surface area (Å²) in [6.45, 7) is 8.42. The first-order chi connectivity index (χ1) is 15.1. The second-order valence-corrected chi connectivity index (χ2v) is 9.48. The van der Waals surface area contributed by atoms with Gasteiger partial charge in [0.25, 0.3) is 0 Å². The molecule has 2 aliphatic heterocycles. The average Bonchev–Trinajstić information content (AvgIpc) is 3.25.